The number of carbonyl (C=O) groups excluding carboxylic acids is 1. The van der Waals surface area contributed by atoms with Crippen LogP contribution in [0, 0.1) is 5.92 Å². The number of nitrogens with zero attached hydrogens (tertiary/aromatic N) is 1. The molecule has 16 heavy (non-hydrogen) atoms. The highest BCUT2D eigenvalue weighted by molar-refractivity contribution is 5.73. The Morgan fingerprint density at radius 1 is 1.38 bits per heavy atom. The van der Waals surface area contributed by atoms with Crippen molar-refractivity contribution in [2.75, 3.05) is 32.7 Å². The van der Waals surface area contributed by atoms with Crippen molar-refractivity contribution in [3.05, 3.63) is 0 Å². The summed E-state index contributed by atoms with van der Waals surface area (Å²) in [6, 6.07) is -0.0107. The van der Waals surface area contributed by atoms with Gasteiger partial charge in [-0.1, -0.05) is 20.3 Å². The van der Waals surface area contributed by atoms with E-state index < -0.39 is 0 Å². The second kappa shape index (κ2) is 7.49. The van der Waals surface area contributed by atoms with Crippen LogP contribution in [0.5, 0.6) is 0 Å². The topological polar surface area (TPSA) is 44.4 Å². The maximum Gasteiger partial charge on any atom is 0.314 e. The fourth-order valence-corrected chi connectivity index (χ4v) is 2.04. The Morgan fingerprint density at radius 3 is 2.81 bits per heavy atom. The molecule has 1 aliphatic rings. The smallest absolute Gasteiger partial charge is 0.314 e. The highest BCUT2D eigenvalue weighted by Crippen LogP contribution is 2.14. The number of nitrogens with one attached hydrogen (secondary N) is 2. The van der Waals surface area contributed by atoms with Crippen LogP contribution in [0.2, 0.25) is 0 Å². The van der Waals surface area contributed by atoms with Gasteiger partial charge in [-0.15, -0.1) is 0 Å². The van der Waals surface area contributed by atoms with E-state index in [1.807, 2.05) is 0 Å². The molecule has 1 unspecified atom stereocenters. The first-order chi connectivity index (χ1) is 7.76. The molecule has 0 aromatic carbocycles. The van der Waals surface area contributed by atoms with E-state index in [4.69, 9.17) is 0 Å². The zero-order chi connectivity index (χ0) is 11.8. The van der Waals surface area contributed by atoms with Crippen molar-refractivity contribution in [1.82, 2.24) is 15.5 Å². The van der Waals surface area contributed by atoms with Crippen molar-refractivity contribution in [1.29, 1.82) is 0 Å². The minimum Gasteiger partial charge on any atom is -0.338 e. The molecule has 2 N–H and O–H groups in total. The number of urea groups is 1. The van der Waals surface area contributed by atoms with Crippen LogP contribution in [0.15, 0.2) is 0 Å². The molecule has 1 atom stereocenters. The third-order valence-electron chi connectivity index (χ3n) is 3.18. The van der Waals surface area contributed by atoms with Crippen LogP contribution in [0.4, 0.5) is 4.79 Å². The van der Waals surface area contributed by atoms with Crippen molar-refractivity contribution in [2.45, 2.75) is 33.1 Å². The lowest BCUT2D eigenvalue weighted by atomic mass is 10.1. The van der Waals surface area contributed by atoms with Gasteiger partial charge < -0.3 is 15.5 Å². The summed E-state index contributed by atoms with van der Waals surface area (Å²) >= 11 is 0. The van der Waals surface area contributed by atoms with Crippen molar-refractivity contribution in [2.24, 2.45) is 5.92 Å². The second-order valence-corrected chi connectivity index (χ2v) is 4.54. The molecule has 0 radical (unpaired) electrons. The van der Waals surface area contributed by atoms with Gasteiger partial charge in [0.05, 0.1) is 0 Å². The summed E-state index contributed by atoms with van der Waals surface area (Å²) in [6.45, 7) is 9.35. The Labute approximate surface area is 98.8 Å². The van der Waals surface area contributed by atoms with Crippen molar-refractivity contribution in [3.63, 3.8) is 0 Å². The van der Waals surface area contributed by atoms with E-state index in [0.29, 0.717) is 5.92 Å². The number of hydrogen-bond acceptors (Lipinski definition) is 2. The van der Waals surface area contributed by atoms with Crippen molar-refractivity contribution < 1.29 is 4.79 Å². The molecule has 0 aromatic rings. The van der Waals surface area contributed by atoms with Gasteiger partial charge in [0.1, 0.15) is 0 Å². The van der Waals surface area contributed by atoms with E-state index in [-0.39, 0.29) is 6.03 Å². The molecule has 1 saturated heterocycles. The Hall–Kier alpha value is -0.770. The van der Waals surface area contributed by atoms with Gasteiger partial charge >= 0.3 is 6.03 Å². The Balaban J connectivity index is 2.04. The van der Waals surface area contributed by atoms with Crippen LogP contribution in [0.3, 0.4) is 0 Å². The molecule has 0 bridgehead atoms. The summed E-state index contributed by atoms with van der Waals surface area (Å²) in [6.07, 6.45) is 3.39. The summed E-state index contributed by atoms with van der Waals surface area (Å²) in [5.41, 5.74) is 0. The van der Waals surface area contributed by atoms with Gasteiger partial charge in [-0.3, -0.25) is 0 Å². The van der Waals surface area contributed by atoms with E-state index in [2.05, 4.69) is 29.4 Å². The molecule has 1 fully saturated rings. The first kappa shape index (κ1) is 13.3. The van der Waals surface area contributed by atoms with Crippen LogP contribution in [-0.4, -0.2) is 43.7 Å². The SMILES string of the molecule is CCCCNC(=O)NCC1CCN(CC)C1. The monoisotopic (exact) mass is 227 g/mol. The molecule has 0 aliphatic carbocycles. The Bertz CT molecular complexity index is 208. The van der Waals surface area contributed by atoms with Gasteiger partial charge in [0.2, 0.25) is 0 Å². The maximum atomic E-state index is 11.4. The predicted molar refractivity (Wildman–Crippen MR) is 66.5 cm³/mol. The molecule has 4 nitrogen and oxygen atoms in total. The summed E-state index contributed by atoms with van der Waals surface area (Å²) in [5.74, 6) is 0.636. The lowest BCUT2D eigenvalue weighted by Crippen LogP contribution is -2.39. The summed E-state index contributed by atoms with van der Waals surface area (Å²) in [4.78, 5) is 13.8. The molecule has 4 heteroatoms. The van der Waals surface area contributed by atoms with E-state index in [1.165, 1.54) is 13.0 Å². The van der Waals surface area contributed by atoms with E-state index in [9.17, 15) is 4.79 Å². The van der Waals surface area contributed by atoms with Gasteiger partial charge in [0.15, 0.2) is 0 Å². The van der Waals surface area contributed by atoms with Crippen molar-refractivity contribution >= 4 is 6.03 Å². The quantitative estimate of drug-likeness (QED) is 0.674. The van der Waals surface area contributed by atoms with Gasteiger partial charge in [0.25, 0.3) is 0 Å². The van der Waals surface area contributed by atoms with Crippen LogP contribution in [0.25, 0.3) is 0 Å². The number of carbonyl (C=O) groups is 1. The molecule has 1 heterocycles. The molecular weight excluding hydrogens is 202 g/mol. The van der Waals surface area contributed by atoms with Crippen molar-refractivity contribution in [3.8, 4) is 0 Å². The normalized spacial score (nSPS) is 21.0. The largest absolute Gasteiger partial charge is 0.338 e. The third-order valence-corrected chi connectivity index (χ3v) is 3.18. The molecular formula is C12H25N3O. The molecule has 94 valence electrons. The first-order valence-corrected chi connectivity index (χ1v) is 6.50. The highest BCUT2D eigenvalue weighted by atomic mass is 16.2. The van der Waals surface area contributed by atoms with E-state index in [0.717, 1.165) is 39.0 Å². The molecule has 0 aromatic heterocycles. The van der Waals surface area contributed by atoms with Crippen LogP contribution in [-0.2, 0) is 0 Å². The maximum absolute atomic E-state index is 11.4. The van der Waals surface area contributed by atoms with Crippen LogP contribution >= 0.6 is 0 Å². The predicted octanol–water partition coefficient (Wildman–Crippen LogP) is 1.43. The van der Waals surface area contributed by atoms with Crippen LogP contribution in [0.1, 0.15) is 33.1 Å². The molecule has 0 saturated carbocycles. The summed E-state index contributed by atoms with van der Waals surface area (Å²) in [5, 5.41) is 5.82. The molecule has 1 rings (SSSR count). The lowest BCUT2D eigenvalue weighted by Gasteiger charge is -2.14. The lowest BCUT2D eigenvalue weighted by molar-refractivity contribution is 0.238. The van der Waals surface area contributed by atoms with Gasteiger partial charge in [-0.25, -0.2) is 4.79 Å². The molecule has 2 amide bonds. The summed E-state index contributed by atoms with van der Waals surface area (Å²) < 4.78 is 0. The fourth-order valence-electron chi connectivity index (χ4n) is 2.04. The zero-order valence-corrected chi connectivity index (χ0v) is 10.6. The standard InChI is InChI=1S/C12H25N3O/c1-3-5-7-13-12(16)14-9-11-6-8-15(4-2)10-11/h11H,3-10H2,1-2H3,(H2,13,14,16). The number of rotatable bonds is 6. The average molecular weight is 227 g/mol. The second-order valence-electron chi connectivity index (χ2n) is 4.54. The van der Waals surface area contributed by atoms with E-state index >= 15 is 0 Å². The average Bonchev–Trinajstić information content (AvgIpc) is 2.74. The first-order valence-electron chi connectivity index (χ1n) is 6.50. The summed E-state index contributed by atoms with van der Waals surface area (Å²) in [7, 11) is 0. The Morgan fingerprint density at radius 2 is 2.19 bits per heavy atom. The minimum absolute atomic E-state index is 0.0107. The van der Waals surface area contributed by atoms with Gasteiger partial charge in [0, 0.05) is 19.6 Å². The molecule has 0 spiro atoms. The fraction of sp³-hybridized carbons (Fsp3) is 0.917. The number of hydrogen-bond donors (Lipinski definition) is 2. The van der Waals surface area contributed by atoms with Gasteiger partial charge in [-0.2, -0.15) is 0 Å². The minimum atomic E-state index is -0.0107. The third kappa shape index (κ3) is 4.84. The van der Waals surface area contributed by atoms with Crippen LogP contribution < -0.4 is 10.6 Å². The van der Waals surface area contributed by atoms with Gasteiger partial charge in [-0.05, 0) is 31.8 Å². The zero-order valence-electron chi connectivity index (χ0n) is 10.6. The molecule has 1 aliphatic heterocycles. The highest BCUT2D eigenvalue weighted by Gasteiger charge is 2.21. The van der Waals surface area contributed by atoms with E-state index in [1.54, 1.807) is 0 Å². The number of unbranched alkanes of at least 4 members (excludes halogenated alkanes) is 1. The Kier molecular flexibility index (Phi) is 6.23. The number of amides is 2. The number of likely N-dealkylation sites (tertiary alicyclic amines) is 1.